The molecule has 1 unspecified atom stereocenters. The highest BCUT2D eigenvalue weighted by molar-refractivity contribution is 5.93. The average Bonchev–Trinajstić information content (AvgIpc) is 3.30. The average molecular weight is 463 g/mol. The Morgan fingerprint density at radius 1 is 0.941 bits per heavy atom. The van der Waals surface area contributed by atoms with E-state index in [1.54, 1.807) is 14.2 Å². The minimum Gasteiger partial charge on any atom is -0.493 e. The molecule has 5 rings (SSSR count). The van der Waals surface area contributed by atoms with Crippen LogP contribution in [0.3, 0.4) is 0 Å². The molecule has 0 radical (unpaired) electrons. The minimum atomic E-state index is 0.329. The van der Waals surface area contributed by atoms with Gasteiger partial charge in [0.1, 0.15) is 5.82 Å². The third kappa shape index (κ3) is 4.88. The first kappa shape index (κ1) is 22.7. The molecule has 1 aromatic heterocycles. The van der Waals surface area contributed by atoms with Crippen LogP contribution in [0.2, 0.25) is 0 Å². The summed E-state index contributed by atoms with van der Waals surface area (Å²) in [5.74, 6) is 3.01. The van der Waals surface area contributed by atoms with Gasteiger partial charge >= 0.3 is 0 Å². The fourth-order valence-electron chi connectivity index (χ4n) is 4.83. The number of anilines is 2. The van der Waals surface area contributed by atoms with E-state index in [1.807, 2.05) is 12.1 Å². The number of nitrogens with one attached hydrogen (secondary N) is 1. The lowest BCUT2D eigenvalue weighted by Crippen LogP contribution is -2.45. The van der Waals surface area contributed by atoms with E-state index in [-0.39, 0.29) is 0 Å². The Kier molecular flexibility index (Phi) is 6.69. The molecule has 0 bridgehead atoms. The second-order valence-electron chi connectivity index (χ2n) is 9.24. The highest BCUT2D eigenvalue weighted by Gasteiger charge is 2.25. The Labute approximate surface area is 201 Å². The molecule has 2 fully saturated rings. The van der Waals surface area contributed by atoms with Crippen LogP contribution in [0.15, 0.2) is 42.5 Å². The molecule has 3 heterocycles. The highest BCUT2D eigenvalue weighted by Crippen LogP contribution is 2.35. The van der Waals surface area contributed by atoms with Crippen molar-refractivity contribution in [3.63, 3.8) is 0 Å². The zero-order valence-electron chi connectivity index (χ0n) is 20.3. The van der Waals surface area contributed by atoms with E-state index in [0.717, 1.165) is 74.9 Å². The van der Waals surface area contributed by atoms with Crippen molar-refractivity contribution in [1.82, 2.24) is 19.8 Å². The van der Waals surface area contributed by atoms with Gasteiger partial charge in [-0.2, -0.15) is 4.98 Å². The predicted molar refractivity (Wildman–Crippen MR) is 136 cm³/mol. The van der Waals surface area contributed by atoms with E-state index in [1.165, 1.54) is 5.56 Å². The molecule has 0 saturated carbocycles. The predicted octanol–water partition coefficient (Wildman–Crippen LogP) is 3.09. The molecule has 2 saturated heterocycles. The number of hydrogen-bond acceptors (Lipinski definition) is 8. The maximum Gasteiger partial charge on any atom is 0.227 e. The molecule has 8 heteroatoms. The van der Waals surface area contributed by atoms with Crippen molar-refractivity contribution < 1.29 is 9.47 Å². The van der Waals surface area contributed by atoms with Crippen LogP contribution in [-0.4, -0.2) is 86.3 Å². The minimum absolute atomic E-state index is 0.329. The lowest BCUT2D eigenvalue weighted by atomic mass is 10.2. The van der Waals surface area contributed by atoms with Gasteiger partial charge in [0.05, 0.1) is 19.7 Å². The van der Waals surface area contributed by atoms with Crippen LogP contribution < -0.4 is 19.7 Å². The zero-order valence-corrected chi connectivity index (χ0v) is 20.3. The van der Waals surface area contributed by atoms with E-state index in [2.05, 4.69) is 57.4 Å². The molecular weight excluding hydrogens is 428 g/mol. The topological polar surface area (TPSA) is 66.0 Å². The SMILES string of the molecule is COc1cc2nc(N3CCN(C)CC3)nc(NC3CCN(Cc4ccccc4)C3)c2cc1OC. The number of likely N-dealkylation sites (N-methyl/N-ethyl adjacent to an activating group) is 1. The van der Waals surface area contributed by atoms with Crippen LogP contribution in [0.1, 0.15) is 12.0 Å². The third-order valence-electron chi connectivity index (χ3n) is 6.84. The van der Waals surface area contributed by atoms with E-state index < -0.39 is 0 Å². The molecule has 180 valence electrons. The van der Waals surface area contributed by atoms with Crippen molar-refractivity contribution in [2.75, 3.05) is 70.8 Å². The molecule has 0 amide bonds. The molecule has 8 nitrogen and oxygen atoms in total. The largest absolute Gasteiger partial charge is 0.493 e. The van der Waals surface area contributed by atoms with Gasteiger partial charge in [-0.15, -0.1) is 0 Å². The maximum atomic E-state index is 5.58. The maximum absolute atomic E-state index is 5.58. The number of piperazine rings is 1. The van der Waals surface area contributed by atoms with Gasteiger partial charge in [0.2, 0.25) is 5.95 Å². The van der Waals surface area contributed by atoms with Crippen LogP contribution in [-0.2, 0) is 6.54 Å². The Bertz CT molecular complexity index is 1120. The van der Waals surface area contributed by atoms with Gasteiger partial charge in [0.25, 0.3) is 0 Å². The summed E-state index contributed by atoms with van der Waals surface area (Å²) in [6.07, 6.45) is 1.08. The van der Waals surface area contributed by atoms with Crippen molar-refractivity contribution in [2.24, 2.45) is 0 Å². The summed E-state index contributed by atoms with van der Waals surface area (Å²) in [6.45, 7) is 6.88. The van der Waals surface area contributed by atoms with Gasteiger partial charge in [-0.1, -0.05) is 30.3 Å². The zero-order chi connectivity index (χ0) is 23.5. The molecular formula is C26H34N6O2. The van der Waals surface area contributed by atoms with Gasteiger partial charge in [0.15, 0.2) is 11.5 Å². The fourth-order valence-corrected chi connectivity index (χ4v) is 4.83. The molecule has 0 spiro atoms. The first-order valence-electron chi connectivity index (χ1n) is 12.0. The molecule has 34 heavy (non-hydrogen) atoms. The molecule has 2 aliphatic rings. The van der Waals surface area contributed by atoms with Crippen LogP contribution in [0.25, 0.3) is 10.9 Å². The number of fused-ring (bicyclic) bond motifs is 1. The van der Waals surface area contributed by atoms with E-state index >= 15 is 0 Å². The summed E-state index contributed by atoms with van der Waals surface area (Å²) in [4.78, 5) is 17.1. The second kappa shape index (κ2) is 10.0. The van der Waals surface area contributed by atoms with Crippen molar-refractivity contribution in [2.45, 2.75) is 19.0 Å². The summed E-state index contributed by atoms with van der Waals surface area (Å²) >= 11 is 0. The summed E-state index contributed by atoms with van der Waals surface area (Å²) in [5.41, 5.74) is 2.22. The van der Waals surface area contributed by atoms with E-state index in [4.69, 9.17) is 19.4 Å². The number of methoxy groups -OCH3 is 2. The number of rotatable bonds is 7. The number of nitrogens with zero attached hydrogens (tertiary/aromatic N) is 5. The van der Waals surface area contributed by atoms with Gasteiger partial charge < -0.3 is 24.6 Å². The number of benzene rings is 2. The van der Waals surface area contributed by atoms with Crippen molar-refractivity contribution >= 4 is 22.7 Å². The molecule has 2 aliphatic heterocycles. The van der Waals surface area contributed by atoms with Gasteiger partial charge in [-0.25, -0.2) is 4.98 Å². The lowest BCUT2D eigenvalue weighted by Gasteiger charge is -2.32. The van der Waals surface area contributed by atoms with Crippen LogP contribution >= 0.6 is 0 Å². The van der Waals surface area contributed by atoms with Crippen LogP contribution in [0.4, 0.5) is 11.8 Å². The number of ether oxygens (including phenoxy) is 2. The summed E-state index contributed by atoms with van der Waals surface area (Å²) in [5, 5.41) is 4.71. The Balaban J connectivity index is 1.42. The first-order chi connectivity index (χ1) is 16.6. The first-order valence-corrected chi connectivity index (χ1v) is 12.0. The molecule has 0 aliphatic carbocycles. The van der Waals surface area contributed by atoms with E-state index in [0.29, 0.717) is 17.5 Å². The molecule has 3 aromatic rings. The van der Waals surface area contributed by atoms with Gasteiger partial charge in [-0.05, 0) is 25.1 Å². The van der Waals surface area contributed by atoms with Crippen molar-refractivity contribution in [3.8, 4) is 11.5 Å². The van der Waals surface area contributed by atoms with Crippen molar-refractivity contribution in [3.05, 3.63) is 48.0 Å². The van der Waals surface area contributed by atoms with Gasteiger partial charge in [-0.3, -0.25) is 4.90 Å². The molecule has 2 aromatic carbocycles. The standard InChI is InChI=1S/C26H34N6O2/c1-30-11-13-32(14-12-30)26-28-22-16-24(34-3)23(33-2)15-21(22)25(29-26)27-20-9-10-31(18-20)17-19-7-5-4-6-8-19/h4-8,15-16,20H,9-14,17-18H2,1-3H3,(H,27,28,29). The second-order valence-corrected chi connectivity index (χ2v) is 9.24. The smallest absolute Gasteiger partial charge is 0.227 e. The summed E-state index contributed by atoms with van der Waals surface area (Å²) in [6, 6.07) is 14.9. The Morgan fingerprint density at radius 3 is 2.41 bits per heavy atom. The third-order valence-corrected chi connectivity index (χ3v) is 6.84. The van der Waals surface area contributed by atoms with Crippen LogP contribution in [0.5, 0.6) is 11.5 Å². The normalized spacial score (nSPS) is 19.5. The number of likely N-dealkylation sites (tertiary alicyclic amines) is 1. The highest BCUT2D eigenvalue weighted by atomic mass is 16.5. The van der Waals surface area contributed by atoms with Gasteiger partial charge in [0, 0.05) is 63.3 Å². The number of aromatic nitrogens is 2. The summed E-state index contributed by atoms with van der Waals surface area (Å²) in [7, 11) is 5.48. The van der Waals surface area contributed by atoms with Crippen LogP contribution in [0, 0.1) is 0 Å². The Morgan fingerprint density at radius 2 is 1.68 bits per heavy atom. The monoisotopic (exact) mass is 462 g/mol. The fraction of sp³-hybridized carbons (Fsp3) is 0.462. The number of hydrogen-bond donors (Lipinski definition) is 1. The molecule has 1 N–H and O–H groups in total. The molecule has 1 atom stereocenters. The van der Waals surface area contributed by atoms with E-state index in [9.17, 15) is 0 Å². The van der Waals surface area contributed by atoms with Crippen molar-refractivity contribution in [1.29, 1.82) is 0 Å². The lowest BCUT2D eigenvalue weighted by molar-refractivity contribution is 0.311. The quantitative estimate of drug-likeness (QED) is 0.575. The summed E-state index contributed by atoms with van der Waals surface area (Å²) < 4.78 is 11.1. The Hall–Kier alpha value is -3.10.